The van der Waals surface area contributed by atoms with Gasteiger partial charge in [-0.3, -0.25) is 24.2 Å². The lowest BCUT2D eigenvalue weighted by molar-refractivity contribution is -0.138. The molecule has 226 valence electrons. The fraction of sp³-hybridized carbons (Fsp3) is 0.393. The van der Waals surface area contributed by atoms with Crippen LogP contribution in [0, 0.1) is 0 Å². The monoisotopic (exact) mass is 601 g/mol. The lowest BCUT2D eigenvalue weighted by Gasteiger charge is -2.30. The van der Waals surface area contributed by atoms with Gasteiger partial charge in [-0.2, -0.15) is 0 Å². The van der Waals surface area contributed by atoms with E-state index in [9.17, 15) is 29.4 Å². The largest absolute Gasteiger partial charge is 0.508 e. The van der Waals surface area contributed by atoms with E-state index in [4.69, 9.17) is 23.1 Å². The summed E-state index contributed by atoms with van der Waals surface area (Å²) in [5, 5.41) is 31.0. The van der Waals surface area contributed by atoms with E-state index in [0.29, 0.717) is 22.6 Å². The Hall–Kier alpha value is -4.36. The summed E-state index contributed by atoms with van der Waals surface area (Å²) in [7, 11) is 0. The van der Waals surface area contributed by atoms with E-state index >= 15 is 0 Å². The van der Waals surface area contributed by atoms with Crippen LogP contribution in [0.2, 0.25) is 5.02 Å². The van der Waals surface area contributed by atoms with Crippen LogP contribution < -0.4 is 32.7 Å². The maximum absolute atomic E-state index is 13.6. The molecule has 0 aliphatic carbocycles. The molecule has 10 N–H and O–H groups in total. The number of hydrogen-bond acceptors (Lipinski definition) is 7. The lowest BCUT2D eigenvalue weighted by atomic mass is 10.00. The van der Waals surface area contributed by atoms with Gasteiger partial charge >= 0.3 is 0 Å². The van der Waals surface area contributed by atoms with E-state index in [2.05, 4.69) is 26.3 Å². The number of nitrogens with two attached hydrogens (primary N) is 2. The smallest absolute Gasteiger partial charge is 0.245 e. The van der Waals surface area contributed by atoms with Crippen molar-refractivity contribution in [3.8, 4) is 5.75 Å². The molecule has 14 heteroatoms. The Balaban J connectivity index is 1.96. The molecular weight excluding hydrogens is 566 g/mol. The zero-order valence-corrected chi connectivity index (χ0v) is 23.8. The van der Waals surface area contributed by atoms with Crippen molar-refractivity contribution in [2.45, 2.75) is 62.9 Å². The second kappa shape index (κ2) is 15.0. The van der Waals surface area contributed by atoms with Crippen molar-refractivity contribution in [1.29, 1.82) is 0 Å². The number of rotatable bonds is 9. The average Bonchev–Trinajstić information content (AvgIpc) is 2.93. The molecular formula is C28H36ClN7O6. The Morgan fingerprint density at radius 3 is 1.81 bits per heavy atom. The molecule has 0 saturated carbocycles. The average molecular weight is 602 g/mol. The van der Waals surface area contributed by atoms with Crippen LogP contribution in [0.3, 0.4) is 0 Å². The molecule has 1 aliphatic rings. The van der Waals surface area contributed by atoms with Crippen molar-refractivity contribution < 1.29 is 29.4 Å². The van der Waals surface area contributed by atoms with E-state index < -0.39 is 53.9 Å². The van der Waals surface area contributed by atoms with Crippen LogP contribution in [-0.4, -0.2) is 76.6 Å². The first-order valence-corrected chi connectivity index (χ1v) is 13.8. The molecule has 5 unspecified atom stereocenters. The van der Waals surface area contributed by atoms with Crippen LogP contribution in [0.15, 0.2) is 53.5 Å². The predicted molar refractivity (Wildman–Crippen MR) is 156 cm³/mol. The molecule has 0 radical (unpaired) electrons. The molecule has 3 rings (SSSR count). The van der Waals surface area contributed by atoms with E-state index in [0.717, 1.165) is 0 Å². The minimum atomic E-state index is -1.41. The molecule has 0 spiro atoms. The van der Waals surface area contributed by atoms with E-state index in [1.54, 1.807) is 36.4 Å². The Morgan fingerprint density at radius 2 is 1.29 bits per heavy atom. The van der Waals surface area contributed by atoms with Gasteiger partial charge in [-0.15, -0.1) is 0 Å². The first kappa shape index (κ1) is 32.2. The zero-order valence-electron chi connectivity index (χ0n) is 23.0. The number of benzene rings is 2. The number of nitrogens with zero attached hydrogens (tertiary/aromatic N) is 1. The number of aliphatic hydroxyl groups is 1. The van der Waals surface area contributed by atoms with Crippen molar-refractivity contribution in [3.05, 3.63) is 64.7 Å². The number of carbonyl (C=O) groups is 4. The maximum atomic E-state index is 13.6. The summed E-state index contributed by atoms with van der Waals surface area (Å²) in [6.45, 7) is 1.51. The SMILES string of the molecule is CC(O)C1NC(=O)C(CCCN=C(N)N)NC(=O)C(Cc2ccc(O)cc2)NC(=O)C(Cc2ccc(Cl)cc2)NC1=O. The van der Waals surface area contributed by atoms with E-state index in [1.807, 2.05) is 0 Å². The molecule has 13 nitrogen and oxygen atoms in total. The highest BCUT2D eigenvalue weighted by Crippen LogP contribution is 2.15. The summed E-state index contributed by atoms with van der Waals surface area (Å²) in [4.78, 5) is 57.6. The molecule has 1 fully saturated rings. The van der Waals surface area contributed by atoms with Gasteiger partial charge in [0.25, 0.3) is 0 Å². The standard InChI is InChI=1S/C28H36ClN7O6/c1-15(37)23-27(42)35-22(13-16-4-8-18(29)9-5-16)26(41)34-21(14-17-6-10-19(38)11-7-17)25(40)33-20(24(39)36-23)3-2-12-32-28(30)31/h4-11,15,20-23,37-38H,2-3,12-14H2,1H3,(H,33,40)(H,34,41)(H,35,42)(H,36,39)(H4,30,31,32). The topological polar surface area (TPSA) is 221 Å². The van der Waals surface area contributed by atoms with Crippen molar-refractivity contribution >= 4 is 41.2 Å². The van der Waals surface area contributed by atoms with Gasteiger partial charge in [-0.05, 0) is 55.2 Å². The predicted octanol–water partition coefficient (Wildman–Crippen LogP) is -0.782. The van der Waals surface area contributed by atoms with Gasteiger partial charge in [-0.25, -0.2) is 0 Å². The van der Waals surface area contributed by atoms with E-state index in [1.165, 1.54) is 19.1 Å². The number of phenolic OH excluding ortho intramolecular Hbond substituents is 1. The lowest BCUT2D eigenvalue weighted by Crippen LogP contribution is -2.63. The Labute approximate surface area is 248 Å². The third kappa shape index (κ3) is 9.63. The third-order valence-electron chi connectivity index (χ3n) is 6.64. The number of aromatic hydroxyl groups is 1. The molecule has 1 heterocycles. The maximum Gasteiger partial charge on any atom is 0.245 e. The summed E-state index contributed by atoms with van der Waals surface area (Å²) in [6, 6.07) is 7.90. The fourth-order valence-corrected chi connectivity index (χ4v) is 4.51. The van der Waals surface area contributed by atoms with Crippen molar-refractivity contribution in [3.63, 3.8) is 0 Å². The van der Waals surface area contributed by atoms with Crippen LogP contribution in [0.25, 0.3) is 0 Å². The van der Waals surface area contributed by atoms with Crippen molar-refractivity contribution in [2.24, 2.45) is 16.5 Å². The van der Waals surface area contributed by atoms with Gasteiger partial charge in [-0.1, -0.05) is 35.9 Å². The van der Waals surface area contributed by atoms with Gasteiger partial charge < -0.3 is 42.9 Å². The van der Waals surface area contributed by atoms with Crippen molar-refractivity contribution in [2.75, 3.05) is 6.54 Å². The number of carbonyl (C=O) groups excluding carboxylic acids is 4. The zero-order chi connectivity index (χ0) is 30.8. The Kier molecular flexibility index (Phi) is 11.5. The van der Waals surface area contributed by atoms with Gasteiger partial charge in [0, 0.05) is 24.4 Å². The first-order valence-electron chi connectivity index (χ1n) is 13.4. The van der Waals surface area contributed by atoms with Crippen LogP contribution in [0.4, 0.5) is 0 Å². The Morgan fingerprint density at radius 1 is 0.810 bits per heavy atom. The second-order valence-electron chi connectivity index (χ2n) is 10.1. The number of amides is 4. The van der Waals surface area contributed by atoms with Crippen molar-refractivity contribution in [1.82, 2.24) is 21.3 Å². The normalized spacial score (nSPS) is 22.4. The van der Waals surface area contributed by atoms with Crippen LogP contribution in [0.1, 0.15) is 30.9 Å². The minimum absolute atomic E-state index is 0.0259. The fourth-order valence-electron chi connectivity index (χ4n) is 4.38. The molecule has 0 bridgehead atoms. The molecule has 1 saturated heterocycles. The number of nitrogens with one attached hydrogen (secondary N) is 4. The third-order valence-corrected chi connectivity index (χ3v) is 6.89. The summed E-state index contributed by atoms with van der Waals surface area (Å²) in [6.07, 6.45) is -0.855. The molecule has 2 aromatic carbocycles. The molecule has 1 aliphatic heterocycles. The quantitative estimate of drug-likeness (QED) is 0.103. The molecule has 2 aromatic rings. The van der Waals surface area contributed by atoms with Crippen LogP contribution in [0.5, 0.6) is 5.75 Å². The molecule has 0 aromatic heterocycles. The summed E-state index contributed by atoms with van der Waals surface area (Å²) < 4.78 is 0. The van der Waals surface area contributed by atoms with E-state index in [-0.39, 0.29) is 37.5 Å². The highest BCUT2D eigenvalue weighted by atomic mass is 35.5. The molecule has 4 amide bonds. The number of aliphatic imine (C=N–C) groups is 1. The number of guanidine groups is 1. The minimum Gasteiger partial charge on any atom is -0.508 e. The van der Waals surface area contributed by atoms with Gasteiger partial charge in [0.05, 0.1) is 6.10 Å². The van der Waals surface area contributed by atoms with Crippen LogP contribution >= 0.6 is 11.6 Å². The summed E-state index contributed by atoms with van der Waals surface area (Å²) in [5.74, 6) is -2.89. The Bertz CT molecular complexity index is 1280. The van der Waals surface area contributed by atoms with Crippen LogP contribution in [-0.2, 0) is 32.0 Å². The number of hydrogen-bond donors (Lipinski definition) is 8. The van der Waals surface area contributed by atoms with Gasteiger partial charge in [0.15, 0.2) is 5.96 Å². The number of halogens is 1. The second-order valence-corrected chi connectivity index (χ2v) is 10.5. The number of aliphatic hydroxyl groups excluding tert-OH is 1. The van der Waals surface area contributed by atoms with Gasteiger partial charge in [0.2, 0.25) is 23.6 Å². The first-order chi connectivity index (χ1) is 19.9. The highest BCUT2D eigenvalue weighted by Gasteiger charge is 2.35. The summed E-state index contributed by atoms with van der Waals surface area (Å²) in [5.41, 5.74) is 12.0. The molecule has 5 atom stereocenters. The summed E-state index contributed by atoms with van der Waals surface area (Å²) >= 11 is 5.99. The highest BCUT2D eigenvalue weighted by molar-refractivity contribution is 6.30. The molecule has 42 heavy (non-hydrogen) atoms. The number of phenols is 1. The van der Waals surface area contributed by atoms with Gasteiger partial charge in [0.1, 0.15) is 29.9 Å².